The summed E-state index contributed by atoms with van der Waals surface area (Å²) in [6.45, 7) is -0.0806. The first kappa shape index (κ1) is 14.5. The van der Waals surface area contributed by atoms with Crippen molar-refractivity contribution in [3.8, 4) is 0 Å². The maximum atomic E-state index is 11.7. The average Bonchev–Trinajstić information content (AvgIpc) is 2.36. The van der Waals surface area contributed by atoms with Crippen LogP contribution in [0.5, 0.6) is 0 Å². The second-order valence-corrected chi connectivity index (χ2v) is 8.01. The van der Waals surface area contributed by atoms with E-state index in [0.717, 1.165) is 0 Å². The van der Waals surface area contributed by atoms with Gasteiger partial charge in [-0.3, -0.25) is 4.79 Å². The van der Waals surface area contributed by atoms with Gasteiger partial charge in [0, 0.05) is 18.3 Å². The van der Waals surface area contributed by atoms with Crippen molar-refractivity contribution in [2.45, 2.75) is 0 Å². The summed E-state index contributed by atoms with van der Waals surface area (Å²) in [6.07, 6.45) is 0. The van der Waals surface area contributed by atoms with E-state index in [1.54, 1.807) is 12.1 Å². The van der Waals surface area contributed by atoms with Gasteiger partial charge in [0.05, 0.1) is 17.7 Å². The number of nitrogens with one attached hydrogen (secondary N) is 1. The maximum absolute atomic E-state index is 11.7. The third-order valence-electron chi connectivity index (χ3n) is 2.01. The van der Waals surface area contributed by atoms with Crippen molar-refractivity contribution in [3.63, 3.8) is 0 Å². The van der Waals surface area contributed by atoms with E-state index < -0.39 is 11.9 Å². The Morgan fingerprint density at radius 1 is 1.22 bits per heavy atom. The van der Waals surface area contributed by atoms with Crippen LogP contribution in [0, 0.1) is 0 Å². The molecule has 0 spiro atoms. The molecule has 0 aliphatic rings. The third-order valence-corrected chi connectivity index (χ3v) is 4.93. The Balaban J connectivity index is 2.73. The SMILES string of the molecule is O=C(CNC(=O)c1ccccc1C(=O)O)[Si][Si][Si]. The molecular weight excluding hydrogens is 282 g/mol. The summed E-state index contributed by atoms with van der Waals surface area (Å²) in [5, 5.41) is 11.3. The van der Waals surface area contributed by atoms with E-state index in [4.69, 9.17) is 5.11 Å². The van der Waals surface area contributed by atoms with E-state index in [-0.39, 0.29) is 32.1 Å². The van der Waals surface area contributed by atoms with Crippen molar-refractivity contribution in [2.75, 3.05) is 6.54 Å². The zero-order valence-electron chi connectivity index (χ0n) is 9.19. The number of carbonyl (C=O) groups is 3. The lowest BCUT2D eigenvalue weighted by Gasteiger charge is -2.06. The Kier molecular flexibility index (Phi) is 5.68. The van der Waals surface area contributed by atoms with E-state index in [2.05, 4.69) is 15.1 Å². The highest BCUT2D eigenvalue weighted by atomic mass is 29.5. The summed E-state index contributed by atoms with van der Waals surface area (Å²) in [6, 6.07) is 5.88. The van der Waals surface area contributed by atoms with Gasteiger partial charge in [-0.15, -0.1) is 0 Å². The first-order valence-corrected chi connectivity index (χ1v) is 9.37. The van der Waals surface area contributed by atoms with E-state index in [1.165, 1.54) is 12.1 Å². The molecule has 2 N–H and O–H groups in total. The van der Waals surface area contributed by atoms with Crippen LogP contribution in [0.2, 0.25) is 0 Å². The smallest absolute Gasteiger partial charge is 0.336 e. The fourth-order valence-electron chi connectivity index (χ4n) is 1.24. The van der Waals surface area contributed by atoms with Gasteiger partial charge in [-0.1, -0.05) is 12.1 Å². The highest BCUT2D eigenvalue weighted by molar-refractivity contribution is 7.32. The minimum Gasteiger partial charge on any atom is -0.478 e. The van der Waals surface area contributed by atoms with Gasteiger partial charge in [-0.25, -0.2) is 4.79 Å². The van der Waals surface area contributed by atoms with Crippen LogP contribution in [-0.4, -0.2) is 56.3 Å². The van der Waals surface area contributed by atoms with Gasteiger partial charge < -0.3 is 15.2 Å². The minimum absolute atomic E-state index is 0.0574. The maximum Gasteiger partial charge on any atom is 0.336 e. The molecule has 5 nitrogen and oxygen atoms in total. The number of carbonyl (C=O) groups excluding carboxylic acids is 2. The summed E-state index contributed by atoms with van der Waals surface area (Å²) in [5.41, 5.74) is -0.0196. The molecule has 0 heterocycles. The number of rotatable bonds is 6. The molecule has 0 saturated heterocycles. The molecule has 0 unspecified atom stereocenters. The van der Waals surface area contributed by atoms with Crippen LogP contribution in [0.4, 0.5) is 0 Å². The molecule has 0 aromatic heterocycles. The second-order valence-electron chi connectivity index (χ2n) is 3.21. The number of hydrogen-bond donors (Lipinski definition) is 2. The molecule has 0 saturated carbocycles. The van der Waals surface area contributed by atoms with Crippen molar-refractivity contribution >= 4 is 44.6 Å². The predicted octanol–water partition coefficient (Wildman–Crippen LogP) is -0.952. The van der Waals surface area contributed by atoms with Crippen LogP contribution >= 0.6 is 0 Å². The van der Waals surface area contributed by atoms with Crippen LogP contribution in [0.1, 0.15) is 20.7 Å². The molecule has 8 heteroatoms. The quantitative estimate of drug-likeness (QED) is 0.662. The first-order chi connectivity index (χ1) is 8.56. The van der Waals surface area contributed by atoms with Gasteiger partial charge in [-0.05, 0) is 12.1 Å². The molecule has 7 radical (unpaired) electrons. The highest BCUT2D eigenvalue weighted by Gasteiger charge is 2.15. The Labute approximate surface area is 112 Å². The number of hydrogen-bond acceptors (Lipinski definition) is 3. The number of carboxylic acid groups (broad SMARTS) is 1. The van der Waals surface area contributed by atoms with Gasteiger partial charge in [0.1, 0.15) is 14.4 Å². The van der Waals surface area contributed by atoms with E-state index >= 15 is 0 Å². The van der Waals surface area contributed by atoms with Gasteiger partial charge in [0.2, 0.25) is 0 Å². The van der Waals surface area contributed by atoms with Crippen molar-refractivity contribution in [1.82, 2.24) is 5.32 Å². The van der Waals surface area contributed by atoms with Gasteiger partial charge in [-0.2, -0.15) is 0 Å². The summed E-state index contributed by atoms with van der Waals surface area (Å²) in [4.78, 5) is 33.9. The molecule has 89 valence electrons. The molecule has 0 bridgehead atoms. The Bertz CT molecular complexity index is 478. The normalized spacial score (nSPS) is 9.83. The van der Waals surface area contributed by atoms with Crippen molar-refractivity contribution < 1.29 is 19.5 Å². The standard InChI is InChI=1S/C10H8NO4Si3/c12-8(17-18-16)5-11-9(13)6-3-1-2-4-7(6)10(14)15/h1-4H,5H2,(H,11,13)(H,14,15). The van der Waals surface area contributed by atoms with E-state index in [1.807, 2.05) is 0 Å². The molecule has 1 aromatic rings. The van der Waals surface area contributed by atoms with Crippen molar-refractivity contribution in [1.29, 1.82) is 0 Å². The molecule has 18 heavy (non-hydrogen) atoms. The Morgan fingerprint density at radius 2 is 1.83 bits per heavy atom. The van der Waals surface area contributed by atoms with Gasteiger partial charge in [0.15, 0.2) is 0 Å². The molecule has 1 amide bonds. The van der Waals surface area contributed by atoms with Crippen molar-refractivity contribution in [3.05, 3.63) is 35.4 Å². The van der Waals surface area contributed by atoms with Gasteiger partial charge >= 0.3 is 5.97 Å². The van der Waals surface area contributed by atoms with Crippen LogP contribution in [0.25, 0.3) is 0 Å². The molecule has 0 atom stereocenters. The second kappa shape index (κ2) is 7.04. The lowest BCUT2D eigenvalue weighted by Crippen LogP contribution is -2.34. The molecular formula is C10H8NO4Si3. The minimum atomic E-state index is -1.17. The fraction of sp³-hybridized carbons (Fsp3) is 0.100. The van der Waals surface area contributed by atoms with E-state index in [0.29, 0.717) is 8.55 Å². The number of benzene rings is 1. The number of amides is 1. The summed E-state index contributed by atoms with van der Waals surface area (Å²) >= 11 is 0. The van der Waals surface area contributed by atoms with Crippen LogP contribution in [-0.2, 0) is 4.79 Å². The number of aromatic carboxylic acids is 1. The lowest BCUT2D eigenvalue weighted by molar-refractivity contribution is -0.111. The van der Waals surface area contributed by atoms with Crippen molar-refractivity contribution in [2.24, 2.45) is 0 Å². The summed E-state index contributed by atoms with van der Waals surface area (Å²) in [7, 11) is 3.66. The topological polar surface area (TPSA) is 83.5 Å². The van der Waals surface area contributed by atoms with Crippen LogP contribution in [0.3, 0.4) is 0 Å². The monoisotopic (exact) mass is 290 g/mol. The molecule has 1 aromatic carbocycles. The Hall–Kier alpha value is -1.52. The number of carboxylic acids is 1. The fourth-order valence-corrected chi connectivity index (χ4v) is 3.49. The Morgan fingerprint density at radius 3 is 2.39 bits per heavy atom. The first-order valence-electron chi connectivity index (χ1n) is 4.87. The molecule has 0 aliphatic heterocycles. The van der Waals surface area contributed by atoms with Gasteiger partial charge in [0.25, 0.3) is 5.91 Å². The lowest BCUT2D eigenvalue weighted by atomic mass is 10.1. The third kappa shape index (κ3) is 4.05. The summed E-state index contributed by atoms with van der Waals surface area (Å²) < 4.78 is 0. The molecule has 0 aliphatic carbocycles. The van der Waals surface area contributed by atoms with Crippen LogP contribution in [0.15, 0.2) is 24.3 Å². The van der Waals surface area contributed by atoms with E-state index in [9.17, 15) is 14.4 Å². The zero-order valence-corrected chi connectivity index (χ0v) is 12.2. The largest absolute Gasteiger partial charge is 0.478 e. The van der Waals surface area contributed by atoms with Crippen LogP contribution < -0.4 is 5.32 Å². The molecule has 1 rings (SSSR count). The summed E-state index contributed by atoms with van der Waals surface area (Å²) in [5.74, 6) is -1.72. The highest BCUT2D eigenvalue weighted by Crippen LogP contribution is 2.08. The molecule has 0 fully saturated rings. The predicted molar refractivity (Wildman–Crippen MR) is 68.0 cm³/mol. The zero-order chi connectivity index (χ0) is 13.5. The average molecular weight is 290 g/mol.